The summed E-state index contributed by atoms with van der Waals surface area (Å²) >= 11 is 17.0. The van der Waals surface area contributed by atoms with E-state index in [-0.39, 0.29) is 10.8 Å². The van der Waals surface area contributed by atoms with Crippen LogP contribution in [0.3, 0.4) is 0 Å². The van der Waals surface area contributed by atoms with Crippen LogP contribution in [0.15, 0.2) is 41.2 Å². The molecule has 10 heteroatoms. The van der Waals surface area contributed by atoms with Crippen LogP contribution in [0.25, 0.3) is 11.0 Å². The highest BCUT2D eigenvalue weighted by Gasteiger charge is 2.17. The first-order valence-corrected chi connectivity index (χ1v) is 8.94. The van der Waals surface area contributed by atoms with Crippen molar-refractivity contribution < 1.29 is 9.53 Å². The maximum Gasteiger partial charge on any atom is 0.323 e. The standard InChI is InChI=1S/C17H14Cl2N4O3S/c1-8(26-14-5-2-9(18)6-11(14)19)15(24)23-17(27)20-10-3-4-12-13(7-10)22-16(25)21-12/h2-8H,1H3,(H2,21,22,25)(H2,20,23,24,27). The van der Waals surface area contributed by atoms with E-state index in [1.54, 1.807) is 37.3 Å². The van der Waals surface area contributed by atoms with Gasteiger partial charge < -0.3 is 20.0 Å². The fourth-order valence-corrected chi connectivity index (χ4v) is 2.97. The molecule has 3 aromatic rings. The van der Waals surface area contributed by atoms with Crippen molar-refractivity contribution in [3.05, 3.63) is 56.9 Å². The molecule has 140 valence electrons. The number of aromatic nitrogens is 2. The zero-order chi connectivity index (χ0) is 19.6. The zero-order valence-electron chi connectivity index (χ0n) is 13.9. The molecule has 1 atom stereocenters. The summed E-state index contributed by atoms with van der Waals surface area (Å²) in [5.74, 6) is -0.112. The van der Waals surface area contributed by atoms with Gasteiger partial charge in [-0.2, -0.15) is 0 Å². The van der Waals surface area contributed by atoms with E-state index >= 15 is 0 Å². The van der Waals surface area contributed by atoms with E-state index in [0.717, 1.165) is 0 Å². The molecule has 7 nitrogen and oxygen atoms in total. The predicted octanol–water partition coefficient (Wildman–Crippen LogP) is 3.44. The number of rotatable bonds is 4. The summed E-state index contributed by atoms with van der Waals surface area (Å²) < 4.78 is 5.54. The molecule has 0 saturated carbocycles. The normalized spacial score (nSPS) is 11.8. The Balaban J connectivity index is 1.60. The van der Waals surface area contributed by atoms with E-state index in [1.807, 2.05) is 0 Å². The fraction of sp³-hybridized carbons (Fsp3) is 0.118. The van der Waals surface area contributed by atoms with Crippen molar-refractivity contribution >= 4 is 63.2 Å². The summed E-state index contributed by atoms with van der Waals surface area (Å²) in [4.78, 5) is 28.8. The molecule has 1 amide bonds. The highest BCUT2D eigenvalue weighted by Crippen LogP contribution is 2.28. The third-order valence-corrected chi connectivity index (χ3v) is 4.31. The molecule has 0 aliphatic rings. The van der Waals surface area contributed by atoms with Gasteiger partial charge in [0.15, 0.2) is 11.2 Å². The molecular weight excluding hydrogens is 411 g/mol. The summed E-state index contributed by atoms with van der Waals surface area (Å²) in [6, 6.07) is 9.85. The van der Waals surface area contributed by atoms with Crippen LogP contribution in [0.4, 0.5) is 5.69 Å². The zero-order valence-corrected chi connectivity index (χ0v) is 16.3. The van der Waals surface area contributed by atoms with Crippen LogP contribution in [-0.4, -0.2) is 27.1 Å². The maximum absolute atomic E-state index is 12.3. The molecule has 4 N–H and O–H groups in total. The number of halogens is 2. The van der Waals surface area contributed by atoms with Crippen molar-refractivity contribution in [3.63, 3.8) is 0 Å². The number of imidazole rings is 1. The third-order valence-electron chi connectivity index (χ3n) is 3.58. The highest BCUT2D eigenvalue weighted by molar-refractivity contribution is 7.80. The van der Waals surface area contributed by atoms with Gasteiger partial charge in [0.25, 0.3) is 5.91 Å². The van der Waals surface area contributed by atoms with E-state index < -0.39 is 12.0 Å². The monoisotopic (exact) mass is 424 g/mol. The SMILES string of the molecule is CC(Oc1ccc(Cl)cc1Cl)C(=O)NC(=S)Nc1ccc2[nH]c(=O)[nH]c2c1. The first-order chi connectivity index (χ1) is 12.8. The number of hydrogen-bond donors (Lipinski definition) is 4. The lowest BCUT2D eigenvalue weighted by molar-refractivity contribution is -0.125. The number of ether oxygens (including phenoxy) is 1. The Morgan fingerprint density at radius 1 is 1.15 bits per heavy atom. The smallest absolute Gasteiger partial charge is 0.323 e. The van der Waals surface area contributed by atoms with Crippen LogP contribution >= 0.6 is 35.4 Å². The summed E-state index contributed by atoms with van der Waals surface area (Å²) in [7, 11) is 0. The number of amides is 1. The molecule has 1 unspecified atom stereocenters. The topological polar surface area (TPSA) is 99.0 Å². The molecule has 0 spiro atoms. The lowest BCUT2D eigenvalue weighted by atomic mass is 10.3. The number of nitrogens with one attached hydrogen (secondary N) is 4. The van der Waals surface area contributed by atoms with Crippen molar-refractivity contribution in [2.75, 3.05) is 5.32 Å². The molecule has 0 aliphatic carbocycles. The number of benzene rings is 2. The van der Waals surface area contributed by atoms with Gasteiger partial charge in [-0.3, -0.25) is 10.1 Å². The number of carbonyl (C=O) groups is 1. The van der Waals surface area contributed by atoms with Gasteiger partial charge >= 0.3 is 5.69 Å². The number of fused-ring (bicyclic) bond motifs is 1. The Labute approximate surface area is 169 Å². The first-order valence-electron chi connectivity index (χ1n) is 7.77. The van der Waals surface area contributed by atoms with Crippen molar-refractivity contribution in [1.82, 2.24) is 15.3 Å². The largest absolute Gasteiger partial charge is 0.479 e. The molecule has 0 radical (unpaired) electrons. The van der Waals surface area contributed by atoms with Crippen LogP contribution in [0.2, 0.25) is 10.0 Å². The Hall–Kier alpha value is -2.55. The van der Waals surface area contributed by atoms with Gasteiger partial charge in [0.05, 0.1) is 16.1 Å². The lowest BCUT2D eigenvalue weighted by Gasteiger charge is -2.16. The second kappa shape index (κ2) is 7.99. The minimum absolute atomic E-state index is 0.0925. The van der Waals surface area contributed by atoms with E-state index in [0.29, 0.717) is 32.5 Å². The number of aromatic amines is 2. The van der Waals surface area contributed by atoms with Crippen LogP contribution in [0.5, 0.6) is 5.75 Å². The predicted molar refractivity (Wildman–Crippen MR) is 110 cm³/mol. The molecular formula is C17H14Cl2N4O3S. The average Bonchev–Trinajstić information content (AvgIpc) is 2.96. The molecule has 0 aliphatic heterocycles. The van der Waals surface area contributed by atoms with Crippen LogP contribution in [0, 0.1) is 0 Å². The lowest BCUT2D eigenvalue weighted by Crippen LogP contribution is -2.42. The van der Waals surface area contributed by atoms with Crippen LogP contribution in [0.1, 0.15) is 6.92 Å². The number of hydrogen-bond acceptors (Lipinski definition) is 4. The molecule has 1 heterocycles. The Morgan fingerprint density at radius 2 is 1.89 bits per heavy atom. The van der Waals surface area contributed by atoms with Crippen LogP contribution in [-0.2, 0) is 4.79 Å². The Morgan fingerprint density at radius 3 is 2.63 bits per heavy atom. The molecule has 0 fully saturated rings. The Bertz CT molecular complexity index is 1080. The summed E-state index contributed by atoms with van der Waals surface area (Å²) in [6.07, 6.45) is -0.841. The second-order valence-electron chi connectivity index (χ2n) is 5.62. The van der Waals surface area contributed by atoms with E-state index in [1.165, 1.54) is 6.07 Å². The quantitative estimate of drug-likeness (QED) is 0.480. The van der Waals surface area contributed by atoms with Gasteiger partial charge in [-0.1, -0.05) is 23.2 Å². The first kappa shape index (κ1) is 19.2. The third kappa shape index (κ3) is 4.79. The van der Waals surface area contributed by atoms with Crippen molar-refractivity contribution in [2.24, 2.45) is 0 Å². The van der Waals surface area contributed by atoms with Gasteiger partial charge in [0.2, 0.25) is 0 Å². The van der Waals surface area contributed by atoms with E-state index in [4.69, 9.17) is 40.2 Å². The minimum atomic E-state index is -0.841. The Kier molecular flexibility index (Phi) is 5.69. The van der Waals surface area contributed by atoms with E-state index in [9.17, 15) is 9.59 Å². The number of anilines is 1. The average molecular weight is 425 g/mol. The number of H-pyrrole nitrogens is 2. The summed E-state index contributed by atoms with van der Waals surface area (Å²) in [5, 5.41) is 6.28. The van der Waals surface area contributed by atoms with Gasteiger partial charge in [-0.15, -0.1) is 0 Å². The van der Waals surface area contributed by atoms with Crippen molar-refractivity contribution in [1.29, 1.82) is 0 Å². The molecule has 27 heavy (non-hydrogen) atoms. The van der Waals surface area contributed by atoms with Gasteiger partial charge in [-0.25, -0.2) is 4.79 Å². The van der Waals surface area contributed by atoms with Crippen LogP contribution < -0.4 is 21.1 Å². The highest BCUT2D eigenvalue weighted by atomic mass is 35.5. The van der Waals surface area contributed by atoms with E-state index in [2.05, 4.69) is 20.6 Å². The molecule has 0 saturated heterocycles. The summed E-state index contributed by atoms with van der Waals surface area (Å²) in [5.41, 5.74) is 1.60. The van der Waals surface area contributed by atoms with Crippen molar-refractivity contribution in [2.45, 2.75) is 13.0 Å². The molecule has 1 aromatic heterocycles. The summed E-state index contributed by atoms with van der Waals surface area (Å²) in [6.45, 7) is 1.57. The maximum atomic E-state index is 12.3. The van der Waals surface area contributed by atoms with Crippen molar-refractivity contribution in [3.8, 4) is 5.75 Å². The second-order valence-corrected chi connectivity index (χ2v) is 6.87. The molecule has 2 aromatic carbocycles. The number of thiocarbonyl (C=S) groups is 1. The number of carbonyl (C=O) groups excluding carboxylic acids is 1. The van der Waals surface area contributed by atoms with Gasteiger partial charge in [0, 0.05) is 10.7 Å². The minimum Gasteiger partial charge on any atom is -0.479 e. The fourth-order valence-electron chi connectivity index (χ4n) is 2.30. The molecule has 0 bridgehead atoms. The molecule has 3 rings (SSSR count). The van der Waals surface area contributed by atoms with Gasteiger partial charge in [-0.05, 0) is 55.5 Å². The van der Waals surface area contributed by atoms with Gasteiger partial charge in [0.1, 0.15) is 5.75 Å².